The molecule has 2 aliphatic carbocycles. The van der Waals surface area contributed by atoms with E-state index >= 15 is 0 Å². The van der Waals surface area contributed by atoms with Gasteiger partial charge in [0, 0.05) is 0 Å². The van der Waals surface area contributed by atoms with Crippen molar-refractivity contribution in [3.63, 3.8) is 0 Å². The van der Waals surface area contributed by atoms with Gasteiger partial charge < -0.3 is 9.47 Å². The Morgan fingerprint density at radius 2 is 1.13 bits per heavy atom. The van der Waals surface area contributed by atoms with Crippen LogP contribution in [0.5, 0.6) is 11.5 Å². The van der Waals surface area contributed by atoms with Crippen LogP contribution >= 0.6 is 0 Å². The highest BCUT2D eigenvalue weighted by Gasteiger charge is 2.21. The van der Waals surface area contributed by atoms with Crippen molar-refractivity contribution in [2.45, 2.75) is 104 Å². The van der Waals surface area contributed by atoms with E-state index in [2.05, 4.69) is 38.1 Å². The molecule has 0 aliphatic heterocycles. The Balaban J connectivity index is 1.25. The maximum atomic E-state index is 6.08. The van der Waals surface area contributed by atoms with Crippen molar-refractivity contribution >= 4 is 0 Å². The van der Waals surface area contributed by atoms with Crippen LogP contribution in [0, 0.1) is 23.7 Å². The molecule has 0 spiro atoms. The first-order valence-electron chi connectivity index (χ1n) is 13.1. The van der Waals surface area contributed by atoms with E-state index in [0.717, 1.165) is 48.4 Å². The Morgan fingerprint density at radius 3 is 1.70 bits per heavy atom. The van der Waals surface area contributed by atoms with Gasteiger partial charge in [-0.15, -0.1) is 0 Å². The van der Waals surface area contributed by atoms with E-state index < -0.39 is 0 Å². The molecule has 0 radical (unpaired) electrons. The summed E-state index contributed by atoms with van der Waals surface area (Å²) in [7, 11) is 0. The number of ether oxygens (including phenoxy) is 2. The maximum Gasteiger partial charge on any atom is 0.119 e. The van der Waals surface area contributed by atoms with Gasteiger partial charge in [-0.05, 0) is 73.6 Å². The molecule has 1 aromatic carbocycles. The fraction of sp³-hybridized carbons (Fsp3) is 0.786. The molecule has 0 amide bonds. The smallest absolute Gasteiger partial charge is 0.119 e. The molecule has 0 unspecified atom stereocenters. The standard InChI is InChI=1S/C28H46O2/c1-3-5-7-24-13-15-26(16-14-24)22-30-28-19-17-27(18-20-28)29-21-6-8-25-11-9-23(4-2)10-12-25/h17-20,23-26H,3-16,21-22H2,1-2H3/t23-,24-,25-,26-. The first-order chi connectivity index (χ1) is 14.8. The SMILES string of the molecule is CCCC[C@H]1CC[C@H](COc2ccc(OCCC[C@H]3CC[C@H](CC)CC3)cc2)CC1. The molecular formula is C28H46O2. The average molecular weight is 415 g/mol. The van der Waals surface area contributed by atoms with Gasteiger partial charge in [0.05, 0.1) is 13.2 Å². The molecule has 0 heterocycles. The summed E-state index contributed by atoms with van der Waals surface area (Å²) in [4.78, 5) is 0. The lowest BCUT2D eigenvalue weighted by atomic mass is 9.79. The van der Waals surface area contributed by atoms with E-state index in [0.29, 0.717) is 0 Å². The minimum Gasteiger partial charge on any atom is -0.494 e. The van der Waals surface area contributed by atoms with Crippen molar-refractivity contribution in [2.75, 3.05) is 13.2 Å². The van der Waals surface area contributed by atoms with Crippen LogP contribution < -0.4 is 9.47 Å². The summed E-state index contributed by atoms with van der Waals surface area (Å²) in [6.45, 7) is 6.36. The molecule has 2 fully saturated rings. The number of hydrogen-bond acceptors (Lipinski definition) is 2. The highest BCUT2D eigenvalue weighted by atomic mass is 16.5. The van der Waals surface area contributed by atoms with Crippen molar-refractivity contribution in [1.29, 1.82) is 0 Å². The van der Waals surface area contributed by atoms with E-state index in [-0.39, 0.29) is 0 Å². The topological polar surface area (TPSA) is 18.5 Å². The molecule has 30 heavy (non-hydrogen) atoms. The lowest BCUT2D eigenvalue weighted by molar-refractivity contribution is 0.178. The molecule has 0 saturated heterocycles. The third kappa shape index (κ3) is 8.16. The summed E-state index contributed by atoms with van der Waals surface area (Å²) in [5.41, 5.74) is 0. The highest BCUT2D eigenvalue weighted by molar-refractivity contribution is 5.31. The first kappa shape index (κ1) is 23.5. The molecule has 2 nitrogen and oxygen atoms in total. The van der Waals surface area contributed by atoms with Crippen LogP contribution in [0.2, 0.25) is 0 Å². The van der Waals surface area contributed by atoms with Gasteiger partial charge in [0.2, 0.25) is 0 Å². The van der Waals surface area contributed by atoms with Crippen LogP contribution in [0.25, 0.3) is 0 Å². The minimum atomic E-state index is 0.742. The van der Waals surface area contributed by atoms with Gasteiger partial charge in [0.15, 0.2) is 0 Å². The van der Waals surface area contributed by atoms with Gasteiger partial charge in [-0.25, -0.2) is 0 Å². The Labute approximate surface area is 186 Å². The minimum absolute atomic E-state index is 0.742. The summed E-state index contributed by atoms with van der Waals surface area (Å²) in [5, 5.41) is 0. The Morgan fingerprint density at radius 1 is 0.633 bits per heavy atom. The second-order valence-corrected chi connectivity index (χ2v) is 10.1. The van der Waals surface area contributed by atoms with E-state index in [1.807, 2.05) is 0 Å². The molecule has 0 aromatic heterocycles. The van der Waals surface area contributed by atoms with Crippen LogP contribution in [0.4, 0.5) is 0 Å². The van der Waals surface area contributed by atoms with Crippen LogP contribution in [0.1, 0.15) is 104 Å². The molecule has 2 aliphatic rings. The number of benzene rings is 1. The molecule has 0 atom stereocenters. The molecule has 170 valence electrons. The van der Waals surface area contributed by atoms with E-state index in [9.17, 15) is 0 Å². The molecule has 0 bridgehead atoms. The number of rotatable bonds is 12. The molecule has 1 aromatic rings. The van der Waals surface area contributed by atoms with Crippen LogP contribution in [0.3, 0.4) is 0 Å². The van der Waals surface area contributed by atoms with E-state index in [1.54, 1.807) is 0 Å². The second-order valence-electron chi connectivity index (χ2n) is 10.1. The predicted molar refractivity (Wildman–Crippen MR) is 127 cm³/mol. The average Bonchev–Trinajstić information content (AvgIpc) is 2.81. The Bertz CT molecular complexity index is 551. The van der Waals surface area contributed by atoms with Gasteiger partial charge in [0.25, 0.3) is 0 Å². The van der Waals surface area contributed by atoms with Gasteiger partial charge in [0.1, 0.15) is 11.5 Å². The predicted octanol–water partition coefficient (Wildman–Crippen LogP) is 8.44. The van der Waals surface area contributed by atoms with Gasteiger partial charge in [-0.3, -0.25) is 0 Å². The second kappa shape index (κ2) is 13.3. The summed E-state index contributed by atoms with van der Waals surface area (Å²) in [6.07, 6.45) is 19.3. The van der Waals surface area contributed by atoms with Crippen molar-refractivity contribution in [3.05, 3.63) is 24.3 Å². The Kier molecular flexibility index (Phi) is 10.4. The van der Waals surface area contributed by atoms with Gasteiger partial charge in [-0.1, -0.05) is 78.1 Å². The van der Waals surface area contributed by atoms with Crippen LogP contribution in [0.15, 0.2) is 24.3 Å². The molecule has 2 heteroatoms. The third-order valence-corrected chi connectivity index (χ3v) is 7.81. The summed E-state index contributed by atoms with van der Waals surface area (Å²) < 4.78 is 12.1. The largest absolute Gasteiger partial charge is 0.494 e. The van der Waals surface area contributed by atoms with Gasteiger partial charge >= 0.3 is 0 Å². The van der Waals surface area contributed by atoms with Crippen LogP contribution in [-0.4, -0.2) is 13.2 Å². The first-order valence-corrected chi connectivity index (χ1v) is 13.1. The van der Waals surface area contributed by atoms with Crippen LogP contribution in [-0.2, 0) is 0 Å². The Hall–Kier alpha value is -1.18. The van der Waals surface area contributed by atoms with E-state index in [1.165, 1.54) is 89.9 Å². The normalized spacial score (nSPS) is 27.0. The zero-order valence-electron chi connectivity index (χ0n) is 19.7. The lowest BCUT2D eigenvalue weighted by Gasteiger charge is -2.28. The maximum absolute atomic E-state index is 6.08. The molecule has 3 rings (SSSR count). The number of hydrogen-bond donors (Lipinski definition) is 0. The highest BCUT2D eigenvalue weighted by Crippen LogP contribution is 2.34. The molecule has 0 N–H and O–H groups in total. The zero-order valence-corrected chi connectivity index (χ0v) is 19.7. The van der Waals surface area contributed by atoms with Crippen molar-refractivity contribution in [3.8, 4) is 11.5 Å². The zero-order chi connectivity index (χ0) is 21.0. The molecule has 2 saturated carbocycles. The molecular weight excluding hydrogens is 368 g/mol. The summed E-state index contributed by atoms with van der Waals surface area (Å²) in [5.74, 6) is 5.62. The summed E-state index contributed by atoms with van der Waals surface area (Å²) >= 11 is 0. The lowest BCUT2D eigenvalue weighted by Crippen LogP contribution is -2.20. The van der Waals surface area contributed by atoms with E-state index in [4.69, 9.17) is 9.47 Å². The fourth-order valence-corrected chi connectivity index (χ4v) is 5.52. The van der Waals surface area contributed by atoms with Crippen molar-refractivity contribution < 1.29 is 9.47 Å². The van der Waals surface area contributed by atoms with Gasteiger partial charge in [-0.2, -0.15) is 0 Å². The fourth-order valence-electron chi connectivity index (χ4n) is 5.52. The monoisotopic (exact) mass is 414 g/mol. The summed E-state index contributed by atoms with van der Waals surface area (Å²) in [6, 6.07) is 8.30. The van der Waals surface area contributed by atoms with Crippen molar-refractivity contribution in [2.24, 2.45) is 23.7 Å². The quantitative estimate of drug-likeness (QED) is 0.319. The number of unbranched alkanes of at least 4 members (excludes halogenated alkanes) is 1. The van der Waals surface area contributed by atoms with Crippen molar-refractivity contribution in [1.82, 2.24) is 0 Å². The third-order valence-electron chi connectivity index (χ3n) is 7.81.